The zero-order valence-corrected chi connectivity index (χ0v) is 17.2. The van der Waals surface area contributed by atoms with E-state index in [0.29, 0.717) is 6.54 Å². The summed E-state index contributed by atoms with van der Waals surface area (Å²) in [6.45, 7) is 10.7. The molecule has 0 radical (unpaired) electrons. The highest BCUT2D eigenvalue weighted by atomic mass is 16.2. The van der Waals surface area contributed by atoms with Crippen molar-refractivity contribution in [3.8, 4) is 0 Å². The standard InChI is InChI=1S/C22H30N4O2/c1-5-8-14-23-21(27)19-10-9-11-20(24-19)22(28)25-18-13-12-17(15-16(18)4)26(6-2)7-3/h9-13,15H,5-8,14H2,1-4H3,(H,23,27)(H,25,28). The second kappa shape index (κ2) is 10.4. The number of nitrogens with zero attached hydrogens (tertiary/aromatic N) is 2. The zero-order valence-electron chi connectivity index (χ0n) is 17.2. The minimum absolute atomic E-state index is 0.218. The first-order chi connectivity index (χ1) is 13.5. The lowest BCUT2D eigenvalue weighted by atomic mass is 10.1. The quantitative estimate of drug-likeness (QED) is 0.643. The molecule has 1 aromatic heterocycles. The van der Waals surface area contributed by atoms with E-state index in [0.717, 1.165) is 42.9 Å². The Balaban J connectivity index is 2.10. The number of rotatable bonds is 9. The Labute approximate surface area is 167 Å². The SMILES string of the molecule is CCCCNC(=O)c1cccc(C(=O)Nc2ccc(N(CC)CC)cc2C)n1. The van der Waals surface area contributed by atoms with Gasteiger partial charge in [0.1, 0.15) is 11.4 Å². The van der Waals surface area contributed by atoms with Crippen LogP contribution in [0.5, 0.6) is 0 Å². The first-order valence-electron chi connectivity index (χ1n) is 9.92. The zero-order chi connectivity index (χ0) is 20.5. The molecule has 0 unspecified atom stereocenters. The molecule has 6 nitrogen and oxygen atoms in total. The monoisotopic (exact) mass is 382 g/mol. The summed E-state index contributed by atoms with van der Waals surface area (Å²) in [6, 6.07) is 10.9. The van der Waals surface area contributed by atoms with Gasteiger partial charge in [-0.3, -0.25) is 9.59 Å². The maximum atomic E-state index is 12.6. The van der Waals surface area contributed by atoms with Crippen molar-refractivity contribution >= 4 is 23.2 Å². The fourth-order valence-electron chi connectivity index (χ4n) is 2.92. The number of pyridine rings is 1. The molecule has 6 heteroatoms. The minimum Gasteiger partial charge on any atom is -0.372 e. The van der Waals surface area contributed by atoms with Crippen LogP contribution in [0.1, 0.15) is 60.2 Å². The van der Waals surface area contributed by atoms with Gasteiger partial charge in [0.15, 0.2) is 0 Å². The largest absolute Gasteiger partial charge is 0.372 e. The van der Waals surface area contributed by atoms with Gasteiger partial charge in [-0.2, -0.15) is 0 Å². The van der Waals surface area contributed by atoms with Crippen molar-refractivity contribution < 1.29 is 9.59 Å². The molecule has 28 heavy (non-hydrogen) atoms. The van der Waals surface area contributed by atoms with Crippen molar-refractivity contribution in [2.75, 3.05) is 29.9 Å². The van der Waals surface area contributed by atoms with E-state index in [-0.39, 0.29) is 23.2 Å². The topological polar surface area (TPSA) is 74.3 Å². The third-order valence-electron chi connectivity index (χ3n) is 4.62. The molecular formula is C22H30N4O2. The number of carbonyl (C=O) groups is 2. The summed E-state index contributed by atoms with van der Waals surface area (Å²) in [5.74, 6) is -0.593. The predicted molar refractivity (Wildman–Crippen MR) is 114 cm³/mol. The molecular weight excluding hydrogens is 352 g/mol. The van der Waals surface area contributed by atoms with Gasteiger partial charge in [0.05, 0.1) is 0 Å². The lowest BCUT2D eigenvalue weighted by Gasteiger charge is -2.22. The number of benzene rings is 1. The second-order valence-corrected chi connectivity index (χ2v) is 6.64. The molecule has 0 aliphatic rings. The highest BCUT2D eigenvalue weighted by Crippen LogP contribution is 2.23. The van der Waals surface area contributed by atoms with Crippen molar-refractivity contribution in [1.82, 2.24) is 10.3 Å². The van der Waals surface area contributed by atoms with Crippen molar-refractivity contribution in [2.24, 2.45) is 0 Å². The molecule has 0 spiro atoms. The van der Waals surface area contributed by atoms with Crippen LogP contribution in [0.15, 0.2) is 36.4 Å². The fourth-order valence-corrected chi connectivity index (χ4v) is 2.92. The lowest BCUT2D eigenvalue weighted by molar-refractivity contribution is 0.0948. The van der Waals surface area contributed by atoms with Crippen LogP contribution in [-0.2, 0) is 0 Å². The Morgan fingerprint density at radius 3 is 2.29 bits per heavy atom. The van der Waals surface area contributed by atoms with Crippen LogP contribution in [0.25, 0.3) is 0 Å². The molecule has 2 N–H and O–H groups in total. The van der Waals surface area contributed by atoms with E-state index in [1.807, 2.05) is 19.1 Å². The molecule has 2 aromatic rings. The molecule has 0 atom stereocenters. The Hall–Kier alpha value is -2.89. The van der Waals surface area contributed by atoms with E-state index in [9.17, 15) is 9.59 Å². The van der Waals surface area contributed by atoms with Crippen molar-refractivity contribution in [2.45, 2.75) is 40.5 Å². The Morgan fingerprint density at radius 2 is 1.68 bits per heavy atom. The Bertz CT molecular complexity index is 816. The van der Waals surface area contributed by atoms with E-state index < -0.39 is 0 Å². The van der Waals surface area contributed by atoms with Gasteiger partial charge >= 0.3 is 0 Å². The van der Waals surface area contributed by atoms with Gasteiger partial charge in [-0.1, -0.05) is 19.4 Å². The van der Waals surface area contributed by atoms with Crippen molar-refractivity contribution in [1.29, 1.82) is 0 Å². The number of amides is 2. The van der Waals surface area contributed by atoms with Crippen LogP contribution < -0.4 is 15.5 Å². The third-order valence-corrected chi connectivity index (χ3v) is 4.62. The summed E-state index contributed by atoms with van der Waals surface area (Å²) < 4.78 is 0. The summed E-state index contributed by atoms with van der Waals surface area (Å²) in [6.07, 6.45) is 1.91. The van der Waals surface area contributed by atoms with E-state index >= 15 is 0 Å². The highest BCUT2D eigenvalue weighted by Gasteiger charge is 2.14. The number of nitrogens with one attached hydrogen (secondary N) is 2. The van der Waals surface area contributed by atoms with Crippen molar-refractivity contribution in [3.63, 3.8) is 0 Å². The smallest absolute Gasteiger partial charge is 0.274 e. The number of unbranched alkanes of at least 4 members (excludes halogenated alkanes) is 1. The summed E-state index contributed by atoms with van der Waals surface area (Å²) in [4.78, 5) is 31.2. The third kappa shape index (κ3) is 5.55. The summed E-state index contributed by atoms with van der Waals surface area (Å²) in [5.41, 5.74) is 3.31. The molecule has 2 rings (SSSR count). The van der Waals surface area contributed by atoms with Gasteiger partial charge in [-0.05, 0) is 63.1 Å². The molecule has 1 aromatic carbocycles. The maximum absolute atomic E-state index is 12.6. The predicted octanol–water partition coefficient (Wildman–Crippen LogP) is 4.02. The minimum atomic E-state index is -0.332. The number of anilines is 2. The molecule has 1 heterocycles. The molecule has 150 valence electrons. The first kappa shape index (κ1) is 21.4. The Kier molecular flexibility index (Phi) is 7.99. The van der Waals surface area contributed by atoms with E-state index in [2.05, 4.69) is 47.4 Å². The van der Waals surface area contributed by atoms with Crippen LogP contribution in [-0.4, -0.2) is 36.4 Å². The summed E-state index contributed by atoms with van der Waals surface area (Å²) in [7, 11) is 0. The van der Waals surface area contributed by atoms with E-state index in [4.69, 9.17) is 0 Å². The molecule has 0 fully saturated rings. The Morgan fingerprint density at radius 1 is 1.00 bits per heavy atom. The first-order valence-corrected chi connectivity index (χ1v) is 9.92. The van der Waals surface area contributed by atoms with Crippen LogP contribution in [0.3, 0.4) is 0 Å². The van der Waals surface area contributed by atoms with E-state index in [1.165, 1.54) is 0 Å². The normalized spacial score (nSPS) is 10.4. The maximum Gasteiger partial charge on any atom is 0.274 e. The number of aromatic nitrogens is 1. The molecule has 0 bridgehead atoms. The average Bonchev–Trinajstić information content (AvgIpc) is 2.71. The van der Waals surface area contributed by atoms with Gasteiger partial charge in [-0.15, -0.1) is 0 Å². The van der Waals surface area contributed by atoms with Gasteiger partial charge in [-0.25, -0.2) is 4.98 Å². The molecule has 0 aliphatic carbocycles. The van der Waals surface area contributed by atoms with E-state index in [1.54, 1.807) is 18.2 Å². The van der Waals surface area contributed by atoms with Gasteiger partial charge in [0.2, 0.25) is 0 Å². The average molecular weight is 383 g/mol. The molecule has 2 amide bonds. The lowest BCUT2D eigenvalue weighted by Crippen LogP contribution is -2.26. The van der Waals surface area contributed by atoms with Crippen LogP contribution in [0, 0.1) is 6.92 Å². The fraction of sp³-hybridized carbons (Fsp3) is 0.409. The van der Waals surface area contributed by atoms with Crippen LogP contribution in [0.4, 0.5) is 11.4 Å². The molecule has 0 aliphatic heterocycles. The van der Waals surface area contributed by atoms with Gasteiger partial charge in [0, 0.05) is 31.0 Å². The van der Waals surface area contributed by atoms with Gasteiger partial charge < -0.3 is 15.5 Å². The summed E-state index contributed by atoms with van der Waals surface area (Å²) in [5, 5.41) is 5.71. The number of carbonyl (C=O) groups excluding carboxylic acids is 2. The van der Waals surface area contributed by atoms with Crippen LogP contribution >= 0.6 is 0 Å². The molecule has 0 saturated carbocycles. The number of aryl methyl sites for hydroxylation is 1. The summed E-state index contributed by atoms with van der Waals surface area (Å²) >= 11 is 0. The van der Waals surface area contributed by atoms with Crippen molar-refractivity contribution in [3.05, 3.63) is 53.3 Å². The highest BCUT2D eigenvalue weighted by molar-refractivity contribution is 6.04. The number of hydrogen-bond donors (Lipinski definition) is 2. The van der Waals surface area contributed by atoms with Gasteiger partial charge in [0.25, 0.3) is 11.8 Å². The molecule has 0 saturated heterocycles. The van der Waals surface area contributed by atoms with Crippen LogP contribution in [0.2, 0.25) is 0 Å². The number of hydrogen-bond acceptors (Lipinski definition) is 4. The second-order valence-electron chi connectivity index (χ2n) is 6.64.